The van der Waals surface area contributed by atoms with E-state index in [1.807, 2.05) is 18.2 Å². The fourth-order valence-corrected chi connectivity index (χ4v) is 4.22. The summed E-state index contributed by atoms with van der Waals surface area (Å²) >= 11 is 1.21. The minimum atomic E-state index is -0.382. The number of para-hydroxylation sites is 1. The van der Waals surface area contributed by atoms with E-state index in [1.54, 1.807) is 18.2 Å². The fraction of sp³-hybridized carbons (Fsp3) is 0.348. The van der Waals surface area contributed by atoms with Crippen molar-refractivity contribution in [3.8, 4) is 17.2 Å². The van der Waals surface area contributed by atoms with Gasteiger partial charge in [0.2, 0.25) is 5.91 Å². The topological polar surface area (TPSA) is 78.3 Å². The minimum absolute atomic E-state index is 0.126. The minimum Gasteiger partial charge on any atom is -0.490 e. The van der Waals surface area contributed by atoms with Crippen LogP contribution in [-0.4, -0.2) is 39.6 Å². The monoisotopic (exact) mass is 456 g/mol. The molecule has 0 bridgehead atoms. The van der Waals surface area contributed by atoms with E-state index >= 15 is 0 Å². The second-order valence-electron chi connectivity index (χ2n) is 7.77. The van der Waals surface area contributed by atoms with Gasteiger partial charge in [-0.15, -0.1) is 10.2 Å². The van der Waals surface area contributed by atoms with Crippen molar-refractivity contribution in [2.75, 3.05) is 19.0 Å². The number of rotatable bonds is 7. The summed E-state index contributed by atoms with van der Waals surface area (Å²) in [5, 5.41) is 11.5. The Morgan fingerprint density at radius 1 is 1.19 bits per heavy atom. The molecule has 32 heavy (non-hydrogen) atoms. The number of ether oxygens (including phenoxy) is 2. The number of amides is 1. The molecule has 0 saturated carbocycles. The van der Waals surface area contributed by atoms with E-state index in [0.29, 0.717) is 29.8 Å². The predicted molar refractivity (Wildman–Crippen MR) is 120 cm³/mol. The highest BCUT2D eigenvalue weighted by atomic mass is 32.2. The molecular formula is C23H25FN4O3S. The van der Waals surface area contributed by atoms with Crippen LogP contribution in [-0.2, 0) is 4.79 Å². The van der Waals surface area contributed by atoms with Crippen molar-refractivity contribution in [1.82, 2.24) is 20.1 Å². The Hall–Kier alpha value is -3.07. The standard InChI is InChI=1S/C23H25FN4O3S/c1-15(2)22(16-8-9-19-20(12-16)31-11-5-10-30-19)26-21(29)13-32-23-27-25-14-28(23)18-7-4-3-6-17(18)24/h3-4,6-9,12,14-15,22H,5,10-11,13H2,1-2H3,(H,26,29)/t22-/m0/s1. The first-order valence-corrected chi connectivity index (χ1v) is 11.5. The van der Waals surface area contributed by atoms with Crippen LogP contribution in [0.1, 0.15) is 31.9 Å². The molecule has 2 aromatic carbocycles. The Morgan fingerprint density at radius 3 is 2.75 bits per heavy atom. The van der Waals surface area contributed by atoms with Crippen LogP contribution in [0.5, 0.6) is 11.5 Å². The molecule has 2 heterocycles. The fourth-order valence-electron chi connectivity index (χ4n) is 3.49. The van der Waals surface area contributed by atoms with Gasteiger partial charge in [0, 0.05) is 6.42 Å². The SMILES string of the molecule is CC(C)[C@H](NC(=O)CSc1nncn1-c1ccccc1F)c1ccc2c(c1)OCCCO2. The number of hydrogen-bond donors (Lipinski definition) is 1. The van der Waals surface area contributed by atoms with E-state index in [-0.39, 0.29) is 29.4 Å². The smallest absolute Gasteiger partial charge is 0.230 e. The maximum Gasteiger partial charge on any atom is 0.230 e. The molecule has 4 rings (SSSR count). The molecule has 0 spiro atoms. The first-order valence-electron chi connectivity index (χ1n) is 10.5. The summed E-state index contributed by atoms with van der Waals surface area (Å²) in [5.41, 5.74) is 1.30. The zero-order chi connectivity index (χ0) is 22.5. The molecule has 1 N–H and O–H groups in total. The van der Waals surface area contributed by atoms with Crippen LogP contribution in [0, 0.1) is 11.7 Å². The van der Waals surface area contributed by atoms with Gasteiger partial charge in [-0.25, -0.2) is 4.39 Å². The van der Waals surface area contributed by atoms with Crippen molar-refractivity contribution < 1.29 is 18.7 Å². The van der Waals surface area contributed by atoms with Gasteiger partial charge in [0.05, 0.1) is 30.7 Å². The molecular weight excluding hydrogens is 431 g/mol. The first-order chi connectivity index (χ1) is 15.5. The van der Waals surface area contributed by atoms with Gasteiger partial charge in [0.15, 0.2) is 16.7 Å². The molecule has 1 aliphatic rings. The lowest BCUT2D eigenvalue weighted by Crippen LogP contribution is -2.33. The highest BCUT2D eigenvalue weighted by Gasteiger charge is 2.22. The molecule has 1 atom stereocenters. The third-order valence-electron chi connectivity index (χ3n) is 5.07. The molecule has 1 aliphatic heterocycles. The quantitative estimate of drug-likeness (QED) is 0.538. The van der Waals surface area contributed by atoms with Gasteiger partial charge in [-0.05, 0) is 35.7 Å². The highest BCUT2D eigenvalue weighted by Crippen LogP contribution is 2.34. The number of nitrogens with zero attached hydrogens (tertiary/aromatic N) is 3. The lowest BCUT2D eigenvalue weighted by Gasteiger charge is -2.24. The van der Waals surface area contributed by atoms with Crippen molar-refractivity contribution in [1.29, 1.82) is 0 Å². The average Bonchev–Trinajstić information content (AvgIpc) is 3.12. The molecule has 1 aromatic heterocycles. The van der Waals surface area contributed by atoms with E-state index < -0.39 is 0 Å². The molecule has 0 saturated heterocycles. The molecule has 3 aromatic rings. The van der Waals surface area contributed by atoms with Gasteiger partial charge in [0.25, 0.3) is 0 Å². The van der Waals surface area contributed by atoms with Crippen LogP contribution in [0.15, 0.2) is 53.9 Å². The number of benzene rings is 2. The van der Waals surface area contributed by atoms with Crippen molar-refractivity contribution >= 4 is 17.7 Å². The predicted octanol–water partition coefficient (Wildman–Crippen LogP) is 4.17. The number of thioether (sulfide) groups is 1. The van der Waals surface area contributed by atoms with Gasteiger partial charge in [-0.3, -0.25) is 9.36 Å². The first kappa shape index (κ1) is 22.1. The van der Waals surface area contributed by atoms with Crippen LogP contribution >= 0.6 is 11.8 Å². The molecule has 0 radical (unpaired) electrons. The van der Waals surface area contributed by atoms with E-state index in [0.717, 1.165) is 17.7 Å². The number of hydrogen-bond acceptors (Lipinski definition) is 6. The number of carbonyl (C=O) groups excluding carboxylic acids is 1. The van der Waals surface area contributed by atoms with E-state index in [2.05, 4.69) is 29.4 Å². The van der Waals surface area contributed by atoms with Crippen molar-refractivity contribution in [3.05, 3.63) is 60.2 Å². The summed E-state index contributed by atoms with van der Waals surface area (Å²) in [6, 6.07) is 12.0. The molecule has 0 fully saturated rings. The van der Waals surface area contributed by atoms with Crippen LogP contribution in [0.3, 0.4) is 0 Å². The Balaban J connectivity index is 1.44. The second-order valence-corrected chi connectivity index (χ2v) is 8.71. The number of carbonyl (C=O) groups is 1. The molecule has 9 heteroatoms. The lowest BCUT2D eigenvalue weighted by atomic mass is 9.95. The van der Waals surface area contributed by atoms with E-state index in [9.17, 15) is 9.18 Å². The van der Waals surface area contributed by atoms with E-state index in [4.69, 9.17) is 9.47 Å². The average molecular weight is 457 g/mol. The summed E-state index contributed by atoms with van der Waals surface area (Å²) in [6.07, 6.45) is 2.27. The van der Waals surface area contributed by atoms with Crippen molar-refractivity contribution in [2.24, 2.45) is 5.92 Å². The summed E-state index contributed by atoms with van der Waals surface area (Å²) in [7, 11) is 0. The van der Waals surface area contributed by atoms with Crippen molar-refractivity contribution in [3.63, 3.8) is 0 Å². The zero-order valence-electron chi connectivity index (χ0n) is 18.0. The van der Waals surface area contributed by atoms with E-state index in [1.165, 1.54) is 28.7 Å². The molecule has 7 nitrogen and oxygen atoms in total. The third-order valence-corrected chi connectivity index (χ3v) is 6.02. The van der Waals surface area contributed by atoms with Gasteiger partial charge in [0.1, 0.15) is 12.1 Å². The maximum atomic E-state index is 14.1. The number of aromatic nitrogens is 3. The summed E-state index contributed by atoms with van der Waals surface area (Å²) in [6.45, 7) is 5.34. The van der Waals surface area contributed by atoms with Crippen LogP contribution in [0.2, 0.25) is 0 Å². The van der Waals surface area contributed by atoms with Crippen LogP contribution < -0.4 is 14.8 Å². The molecule has 1 amide bonds. The number of halogens is 1. The van der Waals surface area contributed by atoms with Crippen molar-refractivity contribution in [2.45, 2.75) is 31.5 Å². The summed E-state index contributed by atoms with van der Waals surface area (Å²) in [4.78, 5) is 12.8. The Labute approximate surface area is 190 Å². The number of fused-ring (bicyclic) bond motifs is 1. The summed E-state index contributed by atoms with van der Waals surface area (Å²) < 4.78 is 27.2. The lowest BCUT2D eigenvalue weighted by molar-refractivity contribution is -0.119. The normalized spacial score (nSPS) is 14.1. The molecule has 168 valence electrons. The number of nitrogens with one attached hydrogen (secondary N) is 1. The third kappa shape index (κ3) is 5.04. The highest BCUT2D eigenvalue weighted by molar-refractivity contribution is 7.99. The summed E-state index contributed by atoms with van der Waals surface area (Å²) in [5.74, 6) is 1.18. The molecule has 0 unspecified atom stereocenters. The second kappa shape index (κ2) is 10.0. The van der Waals surface area contributed by atoms with Gasteiger partial charge >= 0.3 is 0 Å². The Bertz CT molecular complexity index is 1090. The largest absolute Gasteiger partial charge is 0.490 e. The Morgan fingerprint density at radius 2 is 1.97 bits per heavy atom. The molecule has 0 aliphatic carbocycles. The van der Waals surface area contributed by atoms with Crippen LogP contribution in [0.25, 0.3) is 5.69 Å². The zero-order valence-corrected chi connectivity index (χ0v) is 18.8. The van der Waals surface area contributed by atoms with Gasteiger partial charge in [-0.1, -0.05) is 43.8 Å². The van der Waals surface area contributed by atoms with Gasteiger partial charge < -0.3 is 14.8 Å². The maximum absolute atomic E-state index is 14.1. The van der Waals surface area contributed by atoms with Gasteiger partial charge in [-0.2, -0.15) is 0 Å². The van der Waals surface area contributed by atoms with Crippen LogP contribution in [0.4, 0.5) is 4.39 Å². The Kier molecular flexibility index (Phi) is 6.94.